The van der Waals surface area contributed by atoms with E-state index in [0.29, 0.717) is 17.3 Å². The van der Waals surface area contributed by atoms with Crippen molar-refractivity contribution >= 4 is 16.6 Å². The Balaban J connectivity index is 2.00. The van der Waals surface area contributed by atoms with Crippen LogP contribution in [0.5, 0.6) is 17.2 Å². The zero-order chi connectivity index (χ0) is 13.2. The van der Waals surface area contributed by atoms with Crippen LogP contribution in [0.25, 0.3) is 10.8 Å². The van der Waals surface area contributed by atoms with Crippen molar-refractivity contribution in [2.75, 3.05) is 5.73 Å². The normalized spacial score (nSPS) is 10.5. The minimum atomic E-state index is 0.227. The van der Waals surface area contributed by atoms with E-state index in [9.17, 15) is 5.11 Å². The van der Waals surface area contributed by atoms with Crippen LogP contribution in [0.4, 0.5) is 5.82 Å². The second-order valence-corrected chi connectivity index (χ2v) is 4.18. The van der Waals surface area contributed by atoms with E-state index in [1.165, 1.54) is 0 Å². The number of ether oxygens (including phenoxy) is 1. The van der Waals surface area contributed by atoms with E-state index in [-0.39, 0.29) is 5.75 Å². The van der Waals surface area contributed by atoms with Crippen molar-refractivity contribution < 1.29 is 9.84 Å². The third-order valence-electron chi connectivity index (χ3n) is 2.82. The highest BCUT2D eigenvalue weighted by Crippen LogP contribution is 2.29. The van der Waals surface area contributed by atoms with Gasteiger partial charge in [-0.3, -0.25) is 0 Å². The Morgan fingerprint density at radius 1 is 1.00 bits per heavy atom. The first-order chi connectivity index (χ1) is 9.22. The maximum Gasteiger partial charge on any atom is 0.169 e. The summed E-state index contributed by atoms with van der Waals surface area (Å²) < 4.78 is 5.69. The number of nitrogen functional groups attached to an aromatic ring is 1. The molecule has 0 bridgehead atoms. The Hall–Kier alpha value is -2.75. The Morgan fingerprint density at radius 3 is 2.68 bits per heavy atom. The molecule has 0 aliphatic carbocycles. The molecule has 3 N–H and O–H groups in total. The van der Waals surface area contributed by atoms with Crippen molar-refractivity contribution in [2.24, 2.45) is 0 Å². The van der Waals surface area contributed by atoms with Gasteiger partial charge in [-0.2, -0.15) is 0 Å². The van der Waals surface area contributed by atoms with Crippen LogP contribution >= 0.6 is 0 Å². The minimum Gasteiger partial charge on any atom is -0.508 e. The van der Waals surface area contributed by atoms with Crippen LogP contribution in [-0.4, -0.2) is 10.1 Å². The van der Waals surface area contributed by atoms with Crippen LogP contribution < -0.4 is 10.5 Å². The smallest absolute Gasteiger partial charge is 0.169 e. The molecule has 0 fully saturated rings. The lowest BCUT2D eigenvalue weighted by atomic mass is 10.1. The van der Waals surface area contributed by atoms with Crippen molar-refractivity contribution in [1.29, 1.82) is 0 Å². The van der Waals surface area contributed by atoms with Crippen LogP contribution in [0.2, 0.25) is 0 Å². The first-order valence-corrected chi connectivity index (χ1v) is 5.83. The average Bonchev–Trinajstić information content (AvgIpc) is 2.41. The Morgan fingerprint density at radius 2 is 1.84 bits per heavy atom. The molecule has 1 aromatic heterocycles. The Kier molecular flexibility index (Phi) is 2.68. The molecule has 0 amide bonds. The van der Waals surface area contributed by atoms with Gasteiger partial charge in [-0.25, -0.2) is 4.98 Å². The van der Waals surface area contributed by atoms with Crippen molar-refractivity contribution in [2.45, 2.75) is 0 Å². The number of nitrogens with zero attached hydrogens (tertiary/aromatic N) is 1. The van der Waals surface area contributed by atoms with Crippen LogP contribution in [0, 0.1) is 0 Å². The van der Waals surface area contributed by atoms with Crippen molar-refractivity contribution in [3.63, 3.8) is 0 Å². The highest BCUT2D eigenvalue weighted by atomic mass is 16.5. The van der Waals surface area contributed by atoms with Gasteiger partial charge < -0.3 is 15.6 Å². The highest BCUT2D eigenvalue weighted by Gasteiger charge is 2.03. The second kappa shape index (κ2) is 4.49. The molecule has 0 aliphatic heterocycles. The molecule has 4 nitrogen and oxygen atoms in total. The second-order valence-electron chi connectivity index (χ2n) is 4.18. The first kappa shape index (κ1) is 11.3. The Bertz CT molecular complexity index is 741. The molecule has 94 valence electrons. The number of hydrogen-bond donors (Lipinski definition) is 2. The summed E-state index contributed by atoms with van der Waals surface area (Å²) in [5, 5.41) is 11.4. The summed E-state index contributed by atoms with van der Waals surface area (Å²) in [5.41, 5.74) is 5.73. The van der Waals surface area contributed by atoms with E-state index in [4.69, 9.17) is 10.5 Å². The van der Waals surface area contributed by atoms with Crippen molar-refractivity contribution in [3.8, 4) is 17.2 Å². The SMILES string of the molecule is Nc1ncccc1Oc1ccc2ccc(O)cc2c1. The lowest BCUT2D eigenvalue weighted by Gasteiger charge is -2.08. The largest absolute Gasteiger partial charge is 0.508 e. The molecular formula is C15H12N2O2. The molecule has 19 heavy (non-hydrogen) atoms. The molecule has 0 saturated heterocycles. The van der Waals surface area contributed by atoms with Crippen LogP contribution in [0.3, 0.4) is 0 Å². The molecule has 2 aromatic carbocycles. The molecule has 0 radical (unpaired) electrons. The van der Waals surface area contributed by atoms with E-state index in [1.54, 1.807) is 30.5 Å². The average molecular weight is 252 g/mol. The summed E-state index contributed by atoms with van der Waals surface area (Å²) in [7, 11) is 0. The third-order valence-corrected chi connectivity index (χ3v) is 2.82. The first-order valence-electron chi connectivity index (χ1n) is 5.83. The molecule has 0 saturated carbocycles. The van der Waals surface area contributed by atoms with Crippen LogP contribution in [0.1, 0.15) is 0 Å². The summed E-state index contributed by atoms with van der Waals surface area (Å²) in [6.07, 6.45) is 1.61. The predicted molar refractivity (Wildman–Crippen MR) is 74.3 cm³/mol. The van der Waals surface area contributed by atoms with Gasteiger partial charge >= 0.3 is 0 Å². The van der Waals surface area contributed by atoms with Crippen LogP contribution in [-0.2, 0) is 0 Å². The van der Waals surface area contributed by atoms with Gasteiger partial charge in [-0.05, 0) is 47.2 Å². The number of anilines is 1. The molecule has 3 rings (SSSR count). The topological polar surface area (TPSA) is 68.4 Å². The standard InChI is InChI=1S/C15H12N2O2/c16-15-14(2-1-7-17-15)19-13-6-4-10-3-5-12(18)8-11(10)9-13/h1-9,18H,(H2,16,17). The number of nitrogens with two attached hydrogens (primary N) is 1. The molecular weight excluding hydrogens is 240 g/mol. The van der Waals surface area contributed by atoms with Gasteiger partial charge in [0.15, 0.2) is 11.6 Å². The number of hydrogen-bond acceptors (Lipinski definition) is 4. The van der Waals surface area contributed by atoms with Gasteiger partial charge in [-0.15, -0.1) is 0 Å². The fourth-order valence-corrected chi connectivity index (χ4v) is 1.89. The van der Waals surface area contributed by atoms with Gasteiger partial charge in [0.25, 0.3) is 0 Å². The summed E-state index contributed by atoms with van der Waals surface area (Å²) in [6.45, 7) is 0. The number of phenols is 1. The highest BCUT2D eigenvalue weighted by molar-refractivity contribution is 5.85. The zero-order valence-corrected chi connectivity index (χ0v) is 10.1. The van der Waals surface area contributed by atoms with E-state index in [0.717, 1.165) is 10.8 Å². The summed E-state index contributed by atoms with van der Waals surface area (Å²) >= 11 is 0. The lowest BCUT2D eigenvalue weighted by Crippen LogP contribution is -1.94. The van der Waals surface area contributed by atoms with Gasteiger partial charge in [0.2, 0.25) is 0 Å². The summed E-state index contributed by atoms with van der Waals surface area (Å²) in [4.78, 5) is 3.96. The number of rotatable bonds is 2. The van der Waals surface area contributed by atoms with Gasteiger partial charge in [-0.1, -0.05) is 12.1 Å². The minimum absolute atomic E-state index is 0.227. The predicted octanol–water partition coefficient (Wildman–Crippen LogP) is 3.31. The molecule has 0 atom stereocenters. The Labute approximate surface area is 110 Å². The van der Waals surface area contributed by atoms with Crippen molar-refractivity contribution in [3.05, 3.63) is 54.7 Å². The maximum absolute atomic E-state index is 9.48. The monoisotopic (exact) mass is 252 g/mol. The number of phenolic OH excluding ortho intramolecular Hbond substituents is 1. The fraction of sp³-hybridized carbons (Fsp3) is 0. The van der Waals surface area contributed by atoms with Crippen molar-refractivity contribution in [1.82, 2.24) is 4.98 Å². The van der Waals surface area contributed by atoms with Gasteiger partial charge in [0.1, 0.15) is 11.5 Å². The number of benzene rings is 2. The summed E-state index contributed by atoms with van der Waals surface area (Å²) in [5.74, 6) is 1.74. The number of fused-ring (bicyclic) bond motifs is 1. The molecule has 0 spiro atoms. The number of pyridine rings is 1. The molecule has 4 heteroatoms. The molecule has 0 unspecified atom stereocenters. The van der Waals surface area contributed by atoms with E-state index < -0.39 is 0 Å². The van der Waals surface area contributed by atoms with Gasteiger partial charge in [0, 0.05) is 6.20 Å². The summed E-state index contributed by atoms with van der Waals surface area (Å²) in [6, 6.07) is 14.3. The molecule has 3 aromatic rings. The number of aromatic nitrogens is 1. The molecule has 0 aliphatic rings. The molecule has 1 heterocycles. The fourth-order valence-electron chi connectivity index (χ4n) is 1.89. The third kappa shape index (κ3) is 2.28. The maximum atomic E-state index is 9.48. The number of aromatic hydroxyl groups is 1. The zero-order valence-electron chi connectivity index (χ0n) is 10.1. The van der Waals surface area contributed by atoms with Crippen LogP contribution in [0.15, 0.2) is 54.7 Å². The lowest BCUT2D eigenvalue weighted by molar-refractivity contribution is 0.476. The quantitative estimate of drug-likeness (QED) is 0.734. The van der Waals surface area contributed by atoms with Gasteiger partial charge in [0.05, 0.1) is 0 Å². The van der Waals surface area contributed by atoms with E-state index >= 15 is 0 Å². The van der Waals surface area contributed by atoms with E-state index in [2.05, 4.69) is 4.98 Å². The van der Waals surface area contributed by atoms with E-state index in [1.807, 2.05) is 24.3 Å².